The maximum Gasteiger partial charge on any atom is 0.418 e. The largest absolute Gasteiger partial charge is 0.487 e. The fourth-order valence-electron chi connectivity index (χ4n) is 4.81. The highest BCUT2D eigenvalue weighted by atomic mass is 32.1. The van der Waals surface area contributed by atoms with E-state index in [1.807, 2.05) is 34.5 Å². The van der Waals surface area contributed by atoms with Crippen LogP contribution >= 0.6 is 11.3 Å². The van der Waals surface area contributed by atoms with E-state index >= 15 is 0 Å². The first-order valence-corrected chi connectivity index (χ1v) is 14.2. The summed E-state index contributed by atoms with van der Waals surface area (Å²) in [5, 5.41) is 14.0. The number of anilines is 1. The molecule has 1 fully saturated rings. The van der Waals surface area contributed by atoms with Gasteiger partial charge in [-0.1, -0.05) is 0 Å². The van der Waals surface area contributed by atoms with Gasteiger partial charge in [-0.2, -0.15) is 26.3 Å². The normalized spacial score (nSPS) is 14.6. The van der Waals surface area contributed by atoms with E-state index in [4.69, 9.17) is 9.72 Å². The summed E-state index contributed by atoms with van der Waals surface area (Å²) < 4.78 is 87.5. The van der Waals surface area contributed by atoms with Crippen molar-refractivity contribution in [3.05, 3.63) is 88.3 Å². The molecule has 1 saturated heterocycles. The fraction of sp³-hybridized carbons (Fsp3) is 0.286. The van der Waals surface area contributed by atoms with E-state index in [-0.39, 0.29) is 18.2 Å². The van der Waals surface area contributed by atoms with Crippen molar-refractivity contribution >= 4 is 17.2 Å². The number of pyridine rings is 2. The molecule has 9 nitrogen and oxygen atoms in total. The van der Waals surface area contributed by atoms with Gasteiger partial charge >= 0.3 is 12.4 Å². The maximum absolute atomic E-state index is 13.8. The molecule has 0 amide bonds. The zero-order valence-electron chi connectivity index (χ0n) is 22.6. The van der Waals surface area contributed by atoms with Gasteiger partial charge in [0, 0.05) is 30.6 Å². The number of hydrogen-bond acceptors (Lipinski definition) is 9. The van der Waals surface area contributed by atoms with Gasteiger partial charge in [0.2, 0.25) is 0 Å². The average Bonchev–Trinajstić information content (AvgIpc) is 3.73. The SMILES string of the molecule is FC(F)(F)c1ccc(-c2nc(N3CCC(c4nc(COc5ccc(-n6cnnn6)cc5)cs4)CC3)ccc2C(F)(F)F)nc1. The lowest BCUT2D eigenvalue weighted by Gasteiger charge is -2.32. The van der Waals surface area contributed by atoms with E-state index in [0.717, 1.165) is 28.5 Å². The van der Waals surface area contributed by atoms with Gasteiger partial charge in [-0.15, -0.1) is 16.4 Å². The van der Waals surface area contributed by atoms with Crippen LogP contribution in [0.5, 0.6) is 5.75 Å². The molecular formula is C28H22F6N8OS. The molecule has 0 aliphatic carbocycles. The molecule has 16 heteroatoms. The molecule has 0 atom stereocenters. The second kappa shape index (κ2) is 11.8. The van der Waals surface area contributed by atoms with E-state index < -0.39 is 29.2 Å². The minimum absolute atomic E-state index is 0.158. The third kappa shape index (κ3) is 6.49. The Balaban J connectivity index is 1.09. The zero-order valence-corrected chi connectivity index (χ0v) is 23.4. The maximum atomic E-state index is 13.8. The van der Waals surface area contributed by atoms with Crippen LogP contribution in [-0.2, 0) is 19.0 Å². The average molecular weight is 633 g/mol. The van der Waals surface area contributed by atoms with Crippen LogP contribution in [0.2, 0.25) is 0 Å². The molecule has 5 heterocycles. The van der Waals surface area contributed by atoms with Crippen molar-refractivity contribution in [2.75, 3.05) is 18.0 Å². The van der Waals surface area contributed by atoms with Crippen LogP contribution in [0.4, 0.5) is 32.2 Å². The lowest BCUT2D eigenvalue weighted by molar-refractivity contribution is -0.138. The Kier molecular flexibility index (Phi) is 7.92. The van der Waals surface area contributed by atoms with Crippen molar-refractivity contribution in [2.45, 2.75) is 37.7 Å². The van der Waals surface area contributed by atoms with Crippen molar-refractivity contribution in [2.24, 2.45) is 0 Å². The summed E-state index contributed by atoms with van der Waals surface area (Å²) in [6.45, 7) is 1.32. The number of aromatic nitrogens is 7. The molecule has 0 saturated carbocycles. The summed E-state index contributed by atoms with van der Waals surface area (Å²) in [6.07, 6.45) is -6.02. The topological polar surface area (TPSA) is 94.7 Å². The van der Waals surface area contributed by atoms with Gasteiger partial charge in [0.1, 0.15) is 30.2 Å². The van der Waals surface area contributed by atoms with Crippen molar-refractivity contribution in [1.82, 2.24) is 35.2 Å². The van der Waals surface area contributed by atoms with E-state index in [2.05, 4.69) is 25.5 Å². The van der Waals surface area contributed by atoms with E-state index in [0.29, 0.717) is 49.8 Å². The first kappa shape index (κ1) is 29.5. The zero-order chi connectivity index (χ0) is 30.9. The van der Waals surface area contributed by atoms with Gasteiger partial charge in [-0.05, 0) is 71.8 Å². The van der Waals surface area contributed by atoms with Crippen molar-refractivity contribution in [1.29, 1.82) is 0 Å². The fourth-order valence-corrected chi connectivity index (χ4v) is 5.79. The van der Waals surface area contributed by atoms with Gasteiger partial charge in [0.05, 0.1) is 33.2 Å². The van der Waals surface area contributed by atoms with Crippen LogP contribution in [0.25, 0.3) is 17.1 Å². The molecule has 1 aromatic carbocycles. The molecule has 0 radical (unpaired) electrons. The summed E-state index contributed by atoms with van der Waals surface area (Å²) in [5.74, 6) is 1.12. The number of rotatable bonds is 7. The predicted molar refractivity (Wildman–Crippen MR) is 147 cm³/mol. The van der Waals surface area contributed by atoms with E-state index in [9.17, 15) is 26.3 Å². The number of halogens is 6. The van der Waals surface area contributed by atoms with Gasteiger partial charge in [0.15, 0.2) is 0 Å². The summed E-state index contributed by atoms with van der Waals surface area (Å²) in [6, 6.07) is 11.1. The number of hydrogen-bond donors (Lipinski definition) is 0. The Hall–Kier alpha value is -4.60. The minimum Gasteiger partial charge on any atom is -0.487 e. The Morgan fingerprint density at radius 2 is 1.66 bits per heavy atom. The summed E-state index contributed by atoms with van der Waals surface area (Å²) in [4.78, 5) is 14.5. The summed E-state index contributed by atoms with van der Waals surface area (Å²) in [7, 11) is 0. The lowest BCUT2D eigenvalue weighted by atomic mass is 9.97. The molecule has 1 aliphatic rings. The van der Waals surface area contributed by atoms with Crippen LogP contribution in [0, 0.1) is 0 Å². The quantitative estimate of drug-likeness (QED) is 0.186. The van der Waals surface area contributed by atoms with Gasteiger partial charge in [-0.25, -0.2) is 14.6 Å². The Labute approximate surface area is 250 Å². The number of tetrazole rings is 1. The van der Waals surface area contributed by atoms with Gasteiger partial charge in [-0.3, -0.25) is 4.98 Å². The minimum atomic E-state index is -4.76. The van der Waals surface area contributed by atoms with Gasteiger partial charge in [0.25, 0.3) is 0 Å². The molecule has 44 heavy (non-hydrogen) atoms. The smallest absolute Gasteiger partial charge is 0.418 e. The number of thiazole rings is 1. The molecule has 1 aliphatic heterocycles. The molecule has 0 bridgehead atoms. The van der Waals surface area contributed by atoms with Crippen LogP contribution in [-0.4, -0.2) is 48.2 Å². The van der Waals surface area contributed by atoms with Crippen LogP contribution in [0.15, 0.2) is 66.4 Å². The van der Waals surface area contributed by atoms with Crippen molar-refractivity contribution in [3.63, 3.8) is 0 Å². The summed E-state index contributed by atoms with van der Waals surface area (Å²) in [5.41, 5.74) is -1.34. The molecule has 0 N–H and O–H groups in total. The molecule has 0 unspecified atom stereocenters. The van der Waals surface area contributed by atoms with Crippen molar-refractivity contribution < 1.29 is 31.1 Å². The molecule has 5 aromatic rings. The Bertz CT molecular complexity index is 1700. The van der Waals surface area contributed by atoms with E-state index in [1.54, 1.807) is 0 Å². The molecule has 4 aromatic heterocycles. The third-order valence-electron chi connectivity index (χ3n) is 7.09. The number of nitrogens with zero attached hydrogens (tertiary/aromatic N) is 8. The molecule has 228 valence electrons. The number of alkyl halides is 6. The monoisotopic (exact) mass is 632 g/mol. The Morgan fingerprint density at radius 1 is 0.886 bits per heavy atom. The highest BCUT2D eigenvalue weighted by Crippen LogP contribution is 2.39. The number of benzene rings is 1. The first-order valence-electron chi connectivity index (χ1n) is 13.3. The van der Waals surface area contributed by atoms with Crippen LogP contribution in [0.3, 0.4) is 0 Å². The van der Waals surface area contributed by atoms with Crippen molar-refractivity contribution in [3.8, 4) is 22.8 Å². The molecule has 6 rings (SSSR count). The van der Waals surface area contributed by atoms with Crippen LogP contribution < -0.4 is 9.64 Å². The lowest BCUT2D eigenvalue weighted by Crippen LogP contribution is -2.33. The highest BCUT2D eigenvalue weighted by Gasteiger charge is 2.36. The Morgan fingerprint density at radius 3 is 2.30 bits per heavy atom. The predicted octanol–water partition coefficient (Wildman–Crippen LogP) is 6.58. The second-order valence-corrected chi connectivity index (χ2v) is 10.9. The third-order valence-corrected chi connectivity index (χ3v) is 8.15. The second-order valence-electron chi connectivity index (χ2n) is 9.97. The van der Waals surface area contributed by atoms with Gasteiger partial charge < -0.3 is 9.64 Å². The number of ether oxygens (including phenoxy) is 1. The highest BCUT2D eigenvalue weighted by molar-refractivity contribution is 7.09. The van der Waals surface area contributed by atoms with Crippen LogP contribution in [0.1, 0.15) is 40.6 Å². The van der Waals surface area contributed by atoms with E-state index in [1.165, 1.54) is 28.4 Å². The first-order chi connectivity index (χ1) is 21.0. The number of piperidine rings is 1. The standard InChI is InChI=1S/C28H22F6N8OS/c29-27(30,31)18-1-7-23(35-13-18)25-22(28(32,33)34)6-8-24(38-25)41-11-9-17(10-12-41)26-37-19(15-44-26)14-43-21-4-2-20(3-5-21)42-16-36-39-40-42/h1-8,13,15-17H,9-12,14H2. The molecular weight excluding hydrogens is 610 g/mol. The summed E-state index contributed by atoms with van der Waals surface area (Å²) >= 11 is 1.53. The molecule has 0 spiro atoms.